The van der Waals surface area contributed by atoms with E-state index >= 15 is 0 Å². The highest BCUT2D eigenvalue weighted by Gasteiger charge is 2.22. The Morgan fingerprint density at radius 2 is 2.10 bits per heavy atom. The van der Waals surface area contributed by atoms with Gasteiger partial charge in [0.2, 0.25) is 10.0 Å². The Labute approximate surface area is 120 Å². The Morgan fingerprint density at radius 3 is 2.86 bits per heavy atom. The molecule has 0 bridgehead atoms. The van der Waals surface area contributed by atoms with E-state index in [1.54, 1.807) is 37.4 Å². The van der Waals surface area contributed by atoms with Crippen molar-refractivity contribution in [3.05, 3.63) is 42.4 Å². The van der Waals surface area contributed by atoms with Crippen LogP contribution >= 0.6 is 0 Å². The van der Waals surface area contributed by atoms with Gasteiger partial charge in [0.05, 0.1) is 16.5 Å². The molecule has 2 heterocycles. The molecule has 0 spiro atoms. The van der Waals surface area contributed by atoms with Crippen LogP contribution in [0.5, 0.6) is 0 Å². The highest BCUT2D eigenvalue weighted by atomic mass is 32.2. The molecule has 8 nitrogen and oxygen atoms in total. The number of benzene rings is 1. The first kappa shape index (κ1) is 13.6. The molecule has 9 heteroatoms. The average Bonchev–Trinajstić information content (AvgIpc) is 3.00. The molecular weight excluding hydrogens is 292 g/mol. The number of tetrazole rings is 1. The third-order valence-corrected chi connectivity index (χ3v) is 4.58. The number of H-pyrrole nitrogens is 1. The van der Waals surface area contributed by atoms with Gasteiger partial charge in [0.1, 0.15) is 0 Å². The molecule has 1 aromatic carbocycles. The molecule has 0 saturated carbocycles. The van der Waals surface area contributed by atoms with Crippen molar-refractivity contribution in [3.63, 3.8) is 0 Å². The van der Waals surface area contributed by atoms with Crippen molar-refractivity contribution in [2.75, 3.05) is 0 Å². The monoisotopic (exact) mass is 304 g/mol. The molecule has 3 rings (SSSR count). The summed E-state index contributed by atoms with van der Waals surface area (Å²) in [7, 11) is -3.72. The molecule has 1 unspecified atom stereocenters. The zero-order chi connectivity index (χ0) is 14.9. The summed E-state index contributed by atoms with van der Waals surface area (Å²) >= 11 is 0. The molecule has 0 aliphatic rings. The smallest absolute Gasteiger partial charge is 0.241 e. The van der Waals surface area contributed by atoms with Crippen molar-refractivity contribution in [1.29, 1.82) is 0 Å². The fraction of sp³-hybridized carbons (Fsp3) is 0.167. The van der Waals surface area contributed by atoms with Gasteiger partial charge in [0.25, 0.3) is 0 Å². The van der Waals surface area contributed by atoms with Crippen molar-refractivity contribution < 1.29 is 8.42 Å². The highest BCUT2D eigenvalue weighted by Crippen LogP contribution is 2.22. The Morgan fingerprint density at radius 1 is 1.24 bits per heavy atom. The van der Waals surface area contributed by atoms with E-state index in [4.69, 9.17) is 0 Å². The van der Waals surface area contributed by atoms with Gasteiger partial charge >= 0.3 is 0 Å². The molecule has 3 aromatic rings. The third kappa shape index (κ3) is 2.60. The molecule has 108 valence electrons. The van der Waals surface area contributed by atoms with E-state index in [0.717, 1.165) is 0 Å². The summed E-state index contributed by atoms with van der Waals surface area (Å²) in [5, 5.41) is 13.8. The second-order valence-corrected chi connectivity index (χ2v) is 6.12. The second kappa shape index (κ2) is 5.19. The first-order valence-electron chi connectivity index (χ1n) is 6.17. The molecule has 0 fully saturated rings. The lowest BCUT2D eigenvalue weighted by Gasteiger charge is -2.12. The molecule has 2 aromatic heterocycles. The maximum absolute atomic E-state index is 12.5. The van der Waals surface area contributed by atoms with Crippen LogP contribution in [0, 0.1) is 0 Å². The Balaban J connectivity index is 2.01. The van der Waals surface area contributed by atoms with Crippen molar-refractivity contribution in [2.24, 2.45) is 0 Å². The summed E-state index contributed by atoms with van der Waals surface area (Å²) in [6, 6.07) is 7.77. The van der Waals surface area contributed by atoms with Crippen molar-refractivity contribution >= 4 is 20.9 Å². The standard InChI is InChI=1S/C12H12N6O2S/c1-8(12-14-17-18-15-12)16-21(19,20)11-6-2-5-10-9(11)4-3-7-13-10/h2-8,16H,1H3,(H,14,15,17,18). The molecule has 0 radical (unpaired) electrons. The predicted octanol–water partition coefficient (Wildman–Crippen LogP) is 0.787. The van der Waals surface area contributed by atoms with Gasteiger partial charge in [0.15, 0.2) is 5.82 Å². The van der Waals surface area contributed by atoms with Gasteiger partial charge in [0, 0.05) is 11.6 Å². The molecule has 0 aliphatic carbocycles. The first-order valence-corrected chi connectivity index (χ1v) is 7.66. The van der Waals surface area contributed by atoms with E-state index in [1.807, 2.05) is 0 Å². The number of nitrogens with zero attached hydrogens (tertiary/aromatic N) is 4. The largest absolute Gasteiger partial charge is 0.256 e. The molecule has 0 aliphatic heterocycles. The quantitative estimate of drug-likeness (QED) is 0.736. The average molecular weight is 304 g/mol. The molecule has 0 amide bonds. The van der Waals surface area contributed by atoms with E-state index in [9.17, 15) is 8.42 Å². The van der Waals surface area contributed by atoms with Crippen LogP contribution in [0.25, 0.3) is 10.9 Å². The number of rotatable bonds is 4. The van der Waals surface area contributed by atoms with Crippen molar-refractivity contribution in [1.82, 2.24) is 30.3 Å². The van der Waals surface area contributed by atoms with Crippen LogP contribution in [0.3, 0.4) is 0 Å². The number of fused-ring (bicyclic) bond motifs is 1. The molecule has 21 heavy (non-hydrogen) atoms. The molecule has 1 atom stereocenters. The maximum atomic E-state index is 12.5. The Bertz CT molecular complexity index is 857. The highest BCUT2D eigenvalue weighted by molar-refractivity contribution is 7.89. The Kier molecular flexibility index (Phi) is 3.35. The van der Waals surface area contributed by atoms with Gasteiger partial charge in [-0.1, -0.05) is 11.3 Å². The third-order valence-electron chi connectivity index (χ3n) is 2.98. The maximum Gasteiger partial charge on any atom is 0.241 e. The lowest BCUT2D eigenvalue weighted by Crippen LogP contribution is -2.27. The minimum absolute atomic E-state index is 0.170. The van der Waals surface area contributed by atoms with Gasteiger partial charge < -0.3 is 0 Å². The van der Waals surface area contributed by atoms with Crippen molar-refractivity contribution in [2.45, 2.75) is 17.9 Å². The Hall–Kier alpha value is -2.39. The minimum Gasteiger partial charge on any atom is -0.256 e. The van der Waals surface area contributed by atoms with Gasteiger partial charge in [-0.2, -0.15) is 5.21 Å². The SMILES string of the molecule is CC(NS(=O)(=O)c1cccc2ncccc12)c1nn[nH]n1. The zero-order valence-corrected chi connectivity index (χ0v) is 11.9. The molecule has 0 saturated heterocycles. The van der Waals surface area contributed by atoms with Gasteiger partial charge in [-0.25, -0.2) is 13.1 Å². The normalized spacial score (nSPS) is 13.4. The number of aromatic amines is 1. The lowest BCUT2D eigenvalue weighted by molar-refractivity contribution is 0.561. The molecule has 2 N–H and O–H groups in total. The van der Waals surface area contributed by atoms with E-state index in [1.165, 1.54) is 6.07 Å². The van der Waals surface area contributed by atoms with Crippen LogP contribution in [0.2, 0.25) is 0 Å². The topological polar surface area (TPSA) is 114 Å². The number of hydrogen-bond donors (Lipinski definition) is 2. The fourth-order valence-corrected chi connectivity index (χ4v) is 3.43. The first-order chi connectivity index (χ1) is 10.1. The minimum atomic E-state index is -3.72. The summed E-state index contributed by atoms with van der Waals surface area (Å²) in [6.45, 7) is 1.64. The summed E-state index contributed by atoms with van der Waals surface area (Å²) in [5.74, 6) is 0.275. The number of aromatic nitrogens is 5. The zero-order valence-electron chi connectivity index (χ0n) is 11.1. The summed E-state index contributed by atoms with van der Waals surface area (Å²) in [6.07, 6.45) is 1.62. The predicted molar refractivity (Wildman–Crippen MR) is 74.7 cm³/mol. The van der Waals surface area contributed by atoms with Crippen LogP contribution in [0.1, 0.15) is 18.8 Å². The van der Waals surface area contributed by atoms with Crippen LogP contribution in [0.4, 0.5) is 0 Å². The van der Waals surface area contributed by atoms with Crippen molar-refractivity contribution in [3.8, 4) is 0 Å². The fourth-order valence-electron chi connectivity index (χ4n) is 2.01. The lowest BCUT2D eigenvalue weighted by atomic mass is 10.2. The summed E-state index contributed by atoms with van der Waals surface area (Å²) in [5.41, 5.74) is 0.618. The van der Waals surface area contributed by atoms with E-state index in [2.05, 4.69) is 30.3 Å². The second-order valence-electron chi connectivity index (χ2n) is 4.44. The van der Waals surface area contributed by atoms with E-state index in [0.29, 0.717) is 10.9 Å². The van der Waals surface area contributed by atoms with Gasteiger partial charge in [-0.3, -0.25) is 4.98 Å². The number of sulfonamides is 1. The number of hydrogen-bond acceptors (Lipinski definition) is 6. The van der Waals surface area contributed by atoms with E-state index in [-0.39, 0.29) is 10.7 Å². The number of nitrogens with one attached hydrogen (secondary N) is 2. The van der Waals surface area contributed by atoms with Crippen LogP contribution in [-0.2, 0) is 10.0 Å². The summed E-state index contributed by atoms with van der Waals surface area (Å²) in [4.78, 5) is 4.32. The number of pyridine rings is 1. The molecular formula is C12H12N6O2S. The van der Waals surface area contributed by atoms with Gasteiger partial charge in [-0.05, 0) is 31.2 Å². The summed E-state index contributed by atoms with van der Waals surface area (Å²) < 4.78 is 27.6. The van der Waals surface area contributed by atoms with E-state index < -0.39 is 16.1 Å². The van der Waals surface area contributed by atoms with Crippen LogP contribution in [0.15, 0.2) is 41.4 Å². The van der Waals surface area contributed by atoms with Crippen LogP contribution in [-0.4, -0.2) is 34.0 Å². The van der Waals surface area contributed by atoms with Gasteiger partial charge in [-0.15, -0.1) is 10.2 Å². The van der Waals surface area contributed by atoms with Crippen LogP contribution < -0.4 is 4.72 Å².